The van der Waals surface area contributed by atoms with Crippen molar-refractivity contribution in [3.63, 3.8) is 0 Å². The highest BCUT2D eigenvalue weighted by atomic mass is 35.5. The monoisotopic (exact) mass is 300 g/mol. The molecule has 0 aromatic heterocycles. The summed E-state index contributed by atoms with van der Waals surface area (Å²) in [5.41, 5.74) is 5.99. The van der Waals surface area contributed by atoms with Crippen LogP contribution in [0.25, 0.3) is 0 Å². The van der Waals surface area contributed by atoms with Crippen molar-refractivity contribution in [1.82, 2.24) is 5.32 Å². The first-order valence-corrected chi connectivity index (χ1v) is 6.96. The van der Waals surface area contributed by atoms with E-state index >= 15 is 0 Å². The van der Waals surface area contributed by atoms with Crippen LogP contribution in [0.5, 0.6) is 0 Å². The normalized spacial score (nSPS) is 16.5. The molecule has 1 unspecified atom stereocenters. The fourth-order valence-electron chi connectivity index (χ4n) is 2.84. The van der Waals surface area contributed by atoms with Crippen LogP contribution in [-0.2, 0) is 4.79 Å². The van der Waals surface area contributed by atoms with Crippen molar-refractivity contribution < 1.29 is 9.18 Å². The number of carbonyl (C=O) groups excluding carboxylic acids is 1. The molecule has 0 saturated heterocycles. The number of hydrogen-bond donors (Lipinski definition) is 2. The number of hydrogen-bond acceptors (Lipinski definition) is 2. The molecule has 0 spiro atoms. The average molecular weight is 301 g/mol. The second-order valence-electron chi connectivity index (χ2n) is 5.15. The summed E-state index contributed by atoms with van der Waals surface area (Å²) in [4.78, 5) is 11.8. The lowest BCUT2D eigenvalue weighted by Gasteiger charge is -2.25. The highest BCUT2D eigenvalue weighted by molar-refractivity contribution is 5.85. The molecular formula is C15H22ClFN2O. The van der Waals surface area contributed by atoms with Crippen LogP contribution in [0.1, 0.15) is 43.7 Å². The second kappa shape index (κ2) is 8.22. The zero-order valence-corrected chi connectivity index (χ0v) is 12.3. The van der Waals surface area contributed by atoms with Gasteiger partial charge in [0.25, 0.3) is 0 Å². The Morgan fingerprint density at radius 3 is 2.60 bits per heavy atom. The Hall–Kier alpha value is -1.13. The van der Waals surface area contributed by atoms with Gasteiger partial charge in [-0.1, -0.05) is 31.0 Å². The van der Waals surface area contributed by atoms with Crippen LogP contribution in [0.3, 0.4) is 0 Å². The molecule has 2 rings (SSSR count). The smallest absolute Gasteiger partial charge is 0.221 e. The summed E-state index contributed by atoms with van der Waals surface area (Å²) in [6.07, 6.45) is 4.69. The maximum atomic E-state index is 14.0. The van der Waals surface area contributed by atoms with E-state index in [0.717, 1.165) is 25.7 Å². The summed E-state index contributed by atoms with van der Waals surface area (Å²) in [7, 11) is 0. The summed E-state index contributed by atoms with van der Waals surface area (Å²) in [6.45, 7) is 0.320. The Morgan fingerprint density at radius 2 is 2.00 bits per heavy atom. The number of nitrogens with one attached hydrogen (secondary N) is 1. The summed E-state index contributed by atoms with van der Waals surface area (Å²) in [6, 6.07) is 6.48. The average Bonchev–Trinajstić information content (AvgIpc) is 2.91. The summed E-state index contributed by atoms with van der Waals surface area (Å²) in [5, 5.41) is 2.96. The lowest BCUT2D eigenvalue weighted by molar-refractivity contribution is -0.122. The van der Waals surface area contributed by atoms with E-state index in [2.05, 4.69) is 5.32 Å². The van der Waals surface area contributed by atoms with Crippen LogP contribution < -0.4 is 11.1 Å². The first kappa shape index (κ1) is 16.9. The van der Waals surface area contributed by atoms with E-state index in [9.17, 15) is 9.18 Å². The third kappa shape index (κ3) is 4.18. The fraction of sp³-hybridized carbons (Fsp3) is 0.533. The van der Waals surface area contributed by atoms with Gasteiger partial charge in [0.1, 0.15) is 5.82 Å². The minimum Gasteiger partial charge on any atom is -0.349 e. The Morgan fingerprint density at radius 1 is 1.35 bits per heavy atom. The van der Waals surface area contributed by atoms with Crippen LogP contribution >= 0.6 is 12.4 Å². The molecule has 5 heteroatoms. The van der Waals surface area contributed by atoms with Crippen molar-refractivity contribution >= 4 is 18.3 Å². The molecule has 1 saturated carbocycles. The third-order valence-electron chi connectivity index (χ3n) is 3.80. The number of rotatable bonds is 5. The molecule has 0 bridgehead atoms. The van der Waals surface area contributed by atoms with Gasteiger partial charge < -0.3 is 11.1 Å². The molecule has 20 heavy (non-hydrogen) atoms. The van der Waals surface area contributed by atoms with Gasteiger partial charge in [-0.05, 0) is 24.8 Å². The van der Waals surface area contributed by atoms with Crippen molar-refractivity contribution in [2.45, 2.75) is 38.1 Å². The molecule has 112 valence electrons. The Kier molecular flexibility index (Phi) is 6.96. The predicted molar refractivity (Wildman–Crippen MR) is 80.2 cm³/mol. The molecule has 1 amide bonds. The lowest BCUT2D eigenvalue weighted by Crippen LogP contribution is -2.34. The molecular weight excluding hydrogens is 279 g/mol. The molecule has 1 aliphatic rings. The number of amides is 1. The third-order valence-corrected chi connectivity index (χ3v) is 3.80. The Bertz CT molecular complexity index is 436. The molecule has 3 N–H and O–H groups in total. The van der Waals surface area contributed by atoms with Gasteiger partial charge in [0.15, 0.2) is 0 Å². The van der Waals surface area contributed by atoms with Crippen molar-refractivity contribution in [3.8, 4) is 0 Å². The number of carbonyl (C=O) groups is 1. The largest absolute Gasteiger partial charge is 0.349 e. The van der Waals surface area contributed by atoms with E-state index in [-0.39, 0.29) is 36.6 Å². The molecule has 1 atom stereocenters. The molecule has 0 heterocycles. The zero-order valence-electron chi connectivity index (χ0n) is 11.5. The molecule has 1 fully saturated rings. The Labute approximate surface area is 125 Å². The number of halogens is 2. The SMILES string of the molecule is Cl.NCCC(=O)NC(c1ccccc1F)C1CCCC1. The number of nitrogens with two attached hydrogens (primary N) is 1. The second-order valence-corrected chi connectivity index (χ2v) is 5.15. The fourth-order valence-corrected chi connectivity index (χ4v) is 2.84. The highest BCUT2D eigenvalue weighted by Crippen LogP contribution is 2.36. The van der Waals surface area contributed by atoms with Crippen molar-refractivity contribution in [2.24, 2.45) is 11.7 Å². The molecule has 1 aliphatic carbocycles. The van der Waals surface area contributed by atoms with Gasteiger partial charge in [0, 0.05) is 18.5 Å². The zero-order chi connectivity index (χ0) is 13.7. The molecule has 1 aromatic rings. The maximum absolute atomic E-state index is 14.0. The van der Waals surface area contributed by atoms with Gasteiger partial charge in [-0.2, -0.15) is 0 Å². The maximum Gasteiger partial charge on any atom is 0.221 e. The topological polar surface area (TPSA) is 55.1 Å². The number of benzene rings is 1. The quantitative estimate of drug-likeness (QED) is 0.878. The molecule has 0 aliphatic heterocycles. The van der Waals surface area contributed by atoms with Crippen LogP contribution in [0, 0.1) is 11.7 Å². The van der Waals surface area contributed by atoms with Gasteiger partial charge in [-0.15, -0.1) is 12.4 Å². The standard InChI is InChI=1S/C15H21FN2O.ClH/c16-13-8-4-3-7-12(13)15(11-5-1-2-6-11)18-14(19)9-10-17;/h3-4,7-8,11,15H,1-2,5-6,9-10,17H2,(H,18,19);1H. The first-order chi connectivity index (χ1) is 9.22. The first-order valence-electron chi connectivity index (χ1n) is 6.96. The van der Waals surface area contributed by atoms with E-state index in [1.165, 1.54) is 6.07 Å². The van der Waals surface area contributed by atoms with Crippen molar-refractivity contribution in [2.75, 3.05) is 6.54 Å². The van der Waals surface area contributed by atoms with E-state index in [0.29, 0.717) is 18.0 Å². The highest BCUT2D eigenvalue weighted by Gasteiger charge is 2.29. The minimum atomic E-state index is -0.243. The van der Waals surface area contributed by atoms with E-state index in [1.54, 1.807) is 12.1 Å². The predicted octanol–water partition coefficient (Wildman–Crippen LogP) is 2.94. The lowest BCUT2D eigenvalue weighted by atomic mass is 9.91. The summed E-state index contributed by atoms with van der Waals surface area (Å²) in [5.74, 6) is -0.00581. The Balaban J connectivity index is 0.00000200. The van der Waals surface area contributed by atoms with Gasteiger partial charge in [-0.25, -0.2) is 4.39 Å². The molecule has 0 radical (unpaired) electrons. The summed E-state index contributed by atoms with van der Waals surface area (Å²) < 4.78 is 14.0. The molecule has 1 aromatic carbocycles. The minimum absolute atomic E-state index is 0. The summed E-state index contributed by atoms with van der Waals surface area (Å²) >= 11 is 0. The van der Waals surface area contributed by atoms with E-state index in [4.69, 9.17) is 5.73 Å². The van der Waals surface area contributed by atoms with Gasteiger partial charge >= 0.3 is 0 Å². The van der Waals surface area contributed by atoms with Crippen LogP contribution in [0.2, 0.25) is 0 Å². The van der Waals surface area contributed by atoms with Crippen LogP contribution in [0.15, 0.2) is 24.3 Å². The van der Waals surface area contributed by atoms with Crippen LogP contribution in [0.4, 0.5) is 4.39 Å². The van der Waals surface area contributed by atoms with E-state index < -0.39 is 0 Å². The van der Waals surface area contributed by atoms with Gasteiger partial charge in [0.2, 0.25) is 5.91 Å². The van der Waals surface area contributed by atoms with E-state index in [1.807, 2.05) is 6.07 Å². The van der Waals surface area contributed by atoms with Crippen LogP contribution in [-0.4, -0.2) is 12.5 Å². The van der Waals surface area contributed by atoms with Gasteiger partial charge in [0.05, 0.1) is 6.04 Å². The van der Waals surface area contributed by atoms with Crippen molar-refractivity contribution in [3.05, 3.63) is 35.6 Å². The van der Waals surface area contributed by atoms with Gasteiger partial charge in [-0.3, -0.25) is 4.79 Å². The molecule has 3 nitrogen and oxygen atoms in total. The van der Waals surface area contributed by atoms with Crippen molar-refractivity contribution in [1.29, 1.82) is 0 Å².